The number of aromatic nitrogens is 2. The van der Waals surface area contributed by atoms with Gasteiger partial charge in [-0.1, -0.05) is 25.4 Å². The molecule has 0 amide bonds. The third-order valence-corrected chi connectivity index (χ3v) is 3.41. The first-order valence-corrected chi connectivity index (χ1v) is 6.68. The van der Waals surface area contributed by atoms with E-state index in [9.17, 15) is 0 Å². The average molecular weight is 276 g/mol. The summed E-state index contributed by atoms with van der Waals surface area (Å²) >= 11 is 5.97. The van der Waals surface area contributed by atoms with Crippen LogP contribution in [0, 0.1) is 13.8 Å². The zero-order valence-electron chi connectivity index (χ0n) is 11.7. The molecule has 0 radical (unpaired) electrons. The number of hydrogen-bond donors (Lipinski definition) is 1. The number of hydrogen-bond acceptors (Lipinski definition) is 3. The molecule has 0 spiro atoms. The predicted molar refractivity (Wildman–Crippen MR) is 80.5 cm³/mol. The molecule has 0 bridgehead atoms. The molecular weight excluding hydrogens is 258 g/mol. The van der Waals surface area contributed by atoms with Crippen LogP contribution in [0.5, 0.6) is 0 Å². The Bertz CT molecular complexity index is 598. The Hall–Kier alpha value is -1.61. The van der Waals surface area contributed by atoms with Crippen molar-refractivity contribution in [3.63, 3.8) is 0 Å². The van der Waals surface area contributed by atoms with Crippen molar-refractivity contribution in [3.05, 3.63) is 40.0 Å². The number of nitrogen functional groups attached to an aromatic ring is 1. The lowest BCUT2D eigenvalue weighted by Gasteiger charge is -2.14. The van der Waals surface area contributed by atoms with E-state index in [2.05, 4.69) is 23.8 Å². The molecule has 19 heavy (non-hydrogen) atoms. The molecule has 2 rings (SSSR count). The number of benzene rings is 1. The monoisotopic (exact) mass is 275 g/mol. The number of halogens is 1. The van der Waals surface area contributed by atoms with E-state index in [1.54, 1.807) is 0 Å². The zero-order chi connectivity index (χ0) is 14.2. The third-order valence-electron chi connectivity index (χ3n) is 3.17. The van der Waals surface area contributed by atoms with Crippen LogP contribution < -0.4 is 5.73 Å². The SMILES string of the molecule is Cc1cc(Cl)ccc1-c1nc(C)c(C(C)C)c(N)n1. The van der Waals surface area contributed by atoms with E-state index in [0.717, 1.165) is 22.4 Å². The number of nitrogens with zero attached hydrogens (tertiary/aromatic N) is 2. The van der Waals surface area contributed by atoms with Crippen LogP contribution in [0.15, 0.2) is 18.2 Å². The Labute approximate surface area is 118 Å². The van der Waals surface area contributed by atoms with Gasteiger partial charge in [0.1, 0.15) is 5.82 Å². The standard InChI is InChI=1S/C15H18ClN3/c1-8(2)13-10(4)18-15(19-14(13)17)12-6-5-11(16)7-9(12)3/h5-8H,1-4H3,(H2,17,18,19). The Morgan fingerprint density at radius 3 is 2.37 bits per heavy atom. The minimum atomic E-state index is 0.320. The molecule has 4 heteroatoms. The molecule has 0 fully saturated rings. The molecule has 0 saturated heterocycles. The Kier molecular flexibility index (Phi) is 3.76. The smallest absolute Gasteiger partial charge is 0.162 e. The topological polar surface area (TPSA) is 51.8 Å². The summed E-state index contributed by atoms with van der Waals surface area (Å²) in [7, 11) is 0. The second-order valence-electron chi connectivity index (χ2n) is 5.05. The summed E-state index contributed by atoms with van der Waals surface area (Å²) in [6.45, 7) is 8.15. The Morgan fingerprint density at radius 2 is 1.84 bits per heavy atom. The first-order valence-electron chi connectivity index (χ1n) is 6.30. The van der Waals surface area contributed by atoms with Crippen molar-refractivity contribution in [3.8, 4) is 11.4 Å². The van der Waals surface area contributed by atoms with Gasteiger partial charge in [-0.15, -0.1) is 0 Å². The van der Waals surface area contributed by atoms with E-state index >= 15 is 0 Å². The molecule has 1 aromatic heterocycles. The summed E-state index contributed by atoms with van der Waals surface area (Å²) in [6, 6.07) is 5.68. The molecule has 1 heterocycles. The van der Waals surface area contributed by atoms with Crippen LogP contribution in [0.3, 0.4) is 0 Å². The van der Waals surface area contributed by atoms with Crippen molar-refractivity contribution >= 4 is 17.4 Å². The summed E-state index contributed by atoms with van der Waals surface area (Å²) in [5, 5.41) is 0.713. The molecule has 0 saturated carbocycles. The van der Waals surface area contributed by atoms with Gasteiger partial charge in [-0.25, -0.2) is 9.97 Å². The maximum atomic E-state index is 6.06. The van der Waals surface area contributed by atoms with Crippen molar-refractivity contribution in [1.29, 1.82) is 0 Å². The quantitative estimate of drug-likeness (QED) is 0.897. The fourth-order valence-electron chi connectivity index (χ4n) is 2.32. The summed E-state index contributed by atoms with van der Waals surface area (Å²) in [5.74, 6) is 1.54. The molecule has 2 aromatic rings. The van der Waals surface area contributed by atoms with Crippen LogP contribution in [0.25, 0.3) is 11.4 Å². The van der Waals surface area contributed by atoms with E-state index in [1.807, 2.05) is 32.0 Å². The summed E-state index contributed by atoms with van der Waals surface area (Å²) < 4.78 is 0. The zero-order valence-corrected chi connectivity index (χ0v) is 12.4. The molecular formula is C15H18ClN3. The van der Waals surface area contributed by atoms with Gasteiger partial charge in [-0.2, -0.15) is 0 Å². The largest absolute Gasteiger partial charge is 0.383 e. The van der Waals surface area contributed by atoms with Crippen LogP contribution in [0.2, 0.25) is 5.02 Å². The molecule has 0 unspecified atom stereocenters. The lowest BCUT2D eigenvalue weighted by molar-refractivity contribution is 0.836. The minimum Gasteiger partial charge on any atom is -0.383 e. The minimum absolute atomic E-state index is 0.320. The molecule has 100 valence electrons. The van der Waals surface area contributed by atoms with E-state index < -0.39 is 0 Å². The lowest BCUT2D eigenvalue weighted by atomic mass is 10.0. The van der Waals surface area contributed by atoms with Gasteiger partial charge in [-0.3, -0.25) is 0 Å². The number of aryl methyl sites for hydroxylation is 2. The van der Waals surface area contributed by atoms with Crippen LogP contribution >= 0.6 is 11.6 Å². The highest BCUT2D eigenvalue weighted by Crippen LogP contribution is 2.28. The number of rotatable bonds is 2. The summed E-state index contributed by atoms with van der Waals surface area (Å²) in [4.78, 5) is 9.02. The Morgan fingerprint density at radius 1 is 1.16 bits per heavy atom. The molecule has 0 aliphatic carbocycles. The van der Waals surface area contributed by atoms with E-state index in [4.69, 9.17) is 17.3 Å². The normalized spacial score (nSPS) is 11.1. The van der Waals surface area contributed by atoms with Gasteiger partial charge in [0.05, 0.1) is 0 Å². The lowest BCUT2D eigenvalue weighted by Crippen LogP contribution is -2.07. The maximum absolute atomic E-state index is 6.06. The van der Waals surface area contributed by atoms with Gasteiger partial charge in [0.2, 0.25) is 0 Å². The van der Waals surface area contributed by atoms with Crippen LogP contribution in [0.4, 0.5) is 5.82 Å². The van der Waals surface area contributed by atoms with Crippen molar-refractivity contribution in [2.45, 2.75) is 33.6 Å². The van der Waals surface area contributed by atoms with Crippen LogP contribution in [0.1, 0.15) is 36.6 Å². The van der Waals surface area contributed by atoms with Crippen molar-refractivity contribution < 1.29 is 0 Å². The molecule has 1 aromatic carbocycles. The number of anilines is 1. The fraction of sp³-hybridized carbons (Fsp3) is 0.333. The second-order valence-corrected chi connectivity index (χ2v) is 5.48. The van der Waals surface area contributed by atoms with Gasteiger partial charge in [0.15, 0.2) is 5.82 Å². The molecule has 2 N–H and O–H groups in total. The first kappa shape index (κ1) is 13.8. The fourth-order valence-corrected chi connectivity index (χ4v) is 2.54. The maximum Gasteiger partial charge on any atom is 0.162 e. The molecule has 0 aliphatic rings. The highest BCUT2D eigenvalue weighted by molar-refractivity contribution is 6.30. The van der Waals surface area contributed by atoms with E-state index in [0.29, 0.717) is 22.6 Å². The van der Waals surface area contributed by atoms with Gasteiger partial charge in [0.25, 0.3) is 0 Å². The highest BCUT2D eigenvalue weighted by atomic mass is 35.5. The summed E-state index contributed by atoms with van der Waals surface area (Å²) in [6.07, 6.45) is 0. The average Bonchev–Trinajstić information content (AvgIpc) is 2.26. The van der Waals surface area contributed by atoms with Gasteiger partial charge in [-0.05, 0) is 43.5 Å². The molecule has 3 nitrogen and oxygen atoms in total. The van der Waals surface area contributed by atoms with Crippen LogP contribution in [-0.4, -0.2) is 9.97 Å². The molecule has 0 atom stereocenters. The van der Waals surface area contributed by atoms with Crippen molar-refractivity contribution in [2.75, 3.05) is 5.73 Å². The van der Waals surface area contributed by atoms with E-state index in [1.165, 1.54) is 0 Å². The van der Waals surface area contributed by atoms with Crippen molar-refractivity contribution in [2.24, 2.45) is 0 Å². The number of nitrogens with two attached hydrogens (primary N) is 1. The van der Waals surface area contributed by atoms with Gasteiger partial charge in [0, 0.05) is 21.8 Å². The Balaban J connectivity index is 2.58. The second kappa shape index (κ2) is 5.17. The van der Waals surface area contributed by atoms with Gasteiger partial charge < -0.3 is 5.73 Å². The van der Waals surface area contributed by atoms with E-state index in [-0.39, 0.29) is 0 Å². The third kappa shape index (κ3) is 2.71. The molecule has 0 aliphatic heterocycles. The highest BCUT2D eigenvalue weighted by Gasteiger charge is 2.14. The predicted octanol–water partition coefficient (Wildman–Crippen LogP) is 4.12. The van der Waals surface area contributed by atoms with Crippen molar-refractivity contribution in [1.82, 2.24) is 9.97 Å². The van der Waals surface area contributed by atoms with Crippen LogP contribution in [-0.2, 0) is 0 Å². The first-order chi connectivity index (χ1) is 8.90. The van der Waals surface area contributed by atoms with Gasteiger partial charge >= 0.3 is 0 Å². The summed E-state index contributed by atoms with van der Waals surface area (Å²) in [5.41, 5.74) is 10.0.